The number of esters is 2. The van der Waals surface area contributed by atoms with Gasteiger partial charge < -0.3 is 14.8 Å². The number of nitrogens with one attached hydrogen (secondary N) is 1. The number of amides is 1. The van der Waals surface area contributed by atoms with E-state index in [9.17, 15) is 19.2 Å². The molecular weight excluding hydrogens is 422 g/mol. The van der Waals surface area contributed by atoms with E-state index in [1.165, 1.54) is 19.5 Å². The van der Waals surface area contributed by atoms with Crippen LogP contribution < -0.4 is 10.9 Å². The van der Waals surface area contributed by atoms with Crippen molar-refractivity contribution in [2.45, 2.75) is 26.8 Å². The number of hydrogen-bond acceptors (Lipinski definition) is 8. The van der Waals surface area contributed by atoms with Crippen LogP contribution in [0, 0.1) is 6.92 Å². The third-order valence-corrected chi connectivity index (χ3v) is 5.60. The Bertz CT molecular complexity index is 1210. The van der Waals surface area contributed by atoms with Gasteiger partial charge in [-0.3, -0.25) is 14.2 Å². The number of anilines is 1. The van der Waals surface area contributed by atoms with Crippen LogP contribution in [-0.4, -0.2) is 41.1 Å². The molecule has 0 aliphatic heterocycles. The van der Waals surface area contributed by atoms with Crippen LogP contribution in [0.15, 0.2) is 35.4 Å². The van der Waals surface area contributed by atoms with E-state index in [1.807, 2.05) is 6.92 Å². The number of nitrogens with zero attached hydrogens (tertiary/aromatic N) is 2. The minimum atomic E-state index is -0.540. The molecule has 31 heavy (non-hydrogen) atoms. The van der Waals surface area contributed by atoms with E-state index in [0.717, 1.165) is 15.9 Å². The number of ether oxygens (including phenoxy) is 2. The molecule has 162 valence electrons. The lowest BCUT2D eigenvalue weighted by Crippen LogP contribution is -2.28. The molecule has 0 aliphatic carbocycles. The molecule has 1 aromatic carbocycles. The van der Waals surface area contributed by atoms with Crippen LogP contribution in [0.3, 0.4) is 0 Å². The Labute approximate surface area is 181 Å². The largest absolute Gasteiger partial charge is 0.465 e. The predicted octanol–water partition coefficient (Wildman–Crippen LogP) is 2.76. The summed E-state index contributed by atoms with van der Waals surface area (Å²) in [7, 11) is 1.26. The zero-order valence-electron chi connectivity index (χ0n) is 17.3. The lowest BCUT2D eigenvalue weighted by Gasteiger charge is -2.09. The minimum Gasteiger partial charge on any atom is -0.465 e. The molecule has 0 bridgehead atoms. The number of fused-ring (bicyclic) bond motifs is 1. The van der Waals surface area contributed by atoms with E-state index in [2.05, 4.69) is 10.3 Å². The molecule has 3 aromatic rings. The molecule has 0 fully saturated rings. The van der Waals surface area contributed by atoms with Crippen molar-refractivity contribution < 1.29 is 23.9 Å². The Morgan fingerprint density at radius 2 is 2.00 bits per heavy atom. The minimum absolute atomic E-state index is 0.279. The van der Waals surface area contributed by atoms with E-state index in [4.69, 9.17) is 9.47 Å². The number of benzene rings is 1. The Balaban J connectivity index is 1.79. The summed E-state index contributed by atoms with van der Waals surface area (Å²) in [5.41, 5.74) is 0.756. The number of aryl methyl sites for hydroxylation is 1. The van der Waals surface area contributed by atoms with Gasteiger partial charge in [0.05, 0.1) is 31.0 Å². The predicted molar refractivity (Wildman–Crippen MR) is 116 cm³/mol. The number of rotatable bonds is 7. The smallest absolute Gasteiger partial charge is 0.348 e. The van der Waals surface area contributed by atoms with Gasteiger partial charge in [-0.1, -0.05) is 13.0 Å². The van der Waals surface area contributed by atoms with Crippen molar-refractivity contribution >= 4 is 45.1 Å². The van der Waals surface area contributed by atoms with Gasteiger partial charge in [-0.15, -0.1) is 11.3 Å². The van der Waals surface area contributed by atoms with Crippen LogP contribution in [-0.2, 0) is 20.8 Å². The molecule has 9 nitrogen and oxygen atoms in total. The normalized spacial score (nSPS) is 10.7. The average Bonchev–Trinajstić information content (AvgIpc) is 3.10. The summed E-state index contributed by atoms with van der Waals surface area (Å²) in [5.74, 6) is -1.48. The highest BCUT2D eigenvalue weighted by Gasteiger charge is 2.20. The van der Waals surface area contributed by atoms with Crippen molar-refractivity contribution in [1.29, 1.82) is 0 Å². The molecule has 0 aliphatic rings. The van der Waals surface area contributed by atoms with E-state index >= 15 is 0 Å². The number of hydrogen-bond donors (Lipinski definition) is 1. The fraction of sp³-hybridized carbons (Fsp3) is 0.286. The second-order valence-electron chi connectivity index (χ2n) is 6.67. The number of carbonyl (C=O) groups is 3. The molecule has 0 saturated carbocycles. The van der Waals surface area contributed by atoms with Gasteiger partial charge in [-0.05, 0) is 37.1 Å². The van der Waals surface area contributed by atoms with Gasteiger partial charge in [0.2, 0.25) is 5.91 Å². The zero-order chi connectivity index (χ0) is 22.5. The van der Waals surface area contributed by atoms with Gasteiger partial charge in [0.1, 0.15) is 16.3 Å². The molecule has 0 unspecified atom stereocenters. The number of methoxy groups -OCH3 is 1. The first-order valence-corrected chi connectivity index (χ1v) is 10.3. The standard InChI is InChI=1S/C21H21N3O6S/c1-4-8-30-20(27)13-6-5-7-14(9-13)23-15(25)10-24-11-22-18-16(19(24)26)12(2)17(31-18)21(28)29-3/h5-7,9,11H,4,8,10H2,1-3H3,(H,23,25). The average molecular weight is 443 g/mol. The van der Waals surface area contributed by atoms with Crippen molar-refractivity contribution in [1.82, 2.24) is 9.55 Å². The van der Waals surface area contributed by atoms with Crippen LogP contribution >= 0.6 is 11.3 Å². The molecular formula is C21H21N3O6S. The fourth-order valence-corrected chi connectivity index (χ4v) is 3.97. The zero-order valence-corrected chi connectivity index (χ0v) is 18.1. The Morgan fingerprint density at radius 3 is 2.71 bits per heavy atom. The van der Waals surface area contributed by atoms with Crippen molar-refractivity contribution in [2.75, 3.05) is 19.0 Å². The molecule has 1 amide bonds. The molecule has 0 saturated heterocycles. The molecule has 0 atom stereocenters. The van der Waals surface area contributed by atoms with Crippen molar-refractivity contribution in [3.05, 3.63) is 57.0 Å². The first-order chi connectivity index (χ1) is 14.8. The SMILES string of the molecule is CCCOC(=O)c1cccc(NC(=O)Cn2cnc3sc(C(=O)OC)c(C)c3c2=O)c1. The molecule has 0 radical (unpaired) electrons. The third-order valence-electron chi connectivity index (χ3n) is 4.42. The lowest BCUT2D eigenvalue weighted by molar-refractivity contribution is -0.116. The summed E-state index contributed by atoms with van der Waals surface area (Å²) in [6.45, 7) is 3.57. The van der Waals surface area contributed by atoms with Crippen LogP contribution in [0.1, 0.15) is 38.9 Å². The summed E-state index contributed by atoms with van der Waals surface area (Å²) < 4.78 is 11.0. The van der Waals surface area contributed by atoms with Gasteiger partial charge in [0, 0.05) is 5.69 Å². The van der Waals surface area contributed by atoms with E-state index < -0.39 is 23.4 Å². The molecule has 0 spiro atoms. The summed E-state index contributed by atoms with van der Waals surface area (Å²) in [6, 6.07) is 6.35. The van der Waals surface area contributed by atoms with Gasteiger partial charge in [-0.2, -0.15) is 0 Å². The van der Waals surface area contributed by atoms with Crippen molar-refractivity contribution in [3.8, 4) is 0 Å². The van der Waals surface area contributed by atoms with Crippen molar-refractivity contribution in [2.24, 2.45) is 0 Å². The van der Waals surface area contributed by atoms with Gasteiger partial charge >= 0.3 is 11.9 Å². The summed E-state index contributed by atoms with van der Waals surface area (Å²) in [5, 5.41) is 2.94. The number of aromatic nitrogens is 2. The summed E-state index contributed by atoms with van der Waals surface area (Å²) >= 11 is 1.07. The molecule has 2 aromatic heterocycles. The van der Waals surface area contributed by atoms with Crippen LogP contribution in [0.4, 0.5) is 5.69 Å². The van der Waals surface area contributed by atoms with Gasteiger partial charge in [0.25, 0.3) is 5.56 Å². The Kier molecular flexibility index (Phi) is 6.81. The van der Waals surface area contributed by atoms with E-state index in [1.54, 1.807) is 25.1 Å². The van der Waals surface area contributed by atoms with Gasteiger partial charge in [0.15, 0.2) is 0 Å². The maximum Gasteiger partial charge on any atom is 0.348 e. The summed E-state index contributed by atoms with van der Waals surface area (Å²) in [6.07, 6.45) is 1.97. The Morgan fingerprint density at radius 1 is 1.23 bits per heavy atom. The lowest BCUT2D eigenvalue weighted by atomic mass is 10.2. The quantitative estimate of drug-likeness (QED) is 0.558. The fourth-order valence-electron chi connectivity index (χ4n) is 2.92. The van der Waals surface area contributed by atoms with E-state index in [-0.39, 0.29) is 11.9 Å². The van der Waals surface area contributed by atoms with Crippen molar-refractivity contribution in [3.63, 3.8) is 0 Å². The number of thiophene rings is 1. The van der Waals surface area contributed by atoms with Crippen LogP contribution in [0.2, 0.25) is 0 Å². The van der Waals surface area contributed by atoms with Crippen LogP contribution in [0.25, 0.3) is 10.2 Å². The monoisotopic (exact) mass is 443 g/mol. The second-order valence-corrected chi connectivity index (χ2v) is 7.67. The molecule has 10 heteroatoms. The first-order valence-electron chi connectivity index (χ1n) is 9.49. The maximum atomic E-state index is 12.8. The highest BCUT2D eigenvalue weighted by atomic mass is 32.1. The highest BCUT2D eigenvalue weighted by Crippen LogP contribution is 2.27. The number of carbonyl (C=O) groups excluding carboxylic acids is 3. The van der Waals surface area contributed by atoms with Gasteiger partial charge in [-0.25, -0.2) is 14.6 Å². The Hall–Kier alpha value is -3.53. The second kappa shape index (κ2) is 9.52. The topological polar surface area (TPSA) is 117 Å². The van der Waals surface area contributed by atoms with Crippen LogP contribution in [0.5, 0.6) is 0 Å². The third kappa shape index (κ3) is 4.80. The molecule has 2 heterocycles. The summed E-state index contributed by atoms with van der Waals surface area (Å²) in [4.78, 5) is 54.1. The first kappa shape index (κ1) is 22.2. The molecule has 1 N–H and O–H groups in total. The molecule has 3 rings (SSSR count). The maximum absolute atomic E-state index is 12.8. The highest BCUT2D eigenvalue weighted by molar-refractivity contribution is 7.20. The van der Waals surface area contributed by atoms with E-state index in [0.29, 0.717) is 39.5 Å².